The molecule has 0 unspecified atom stereocenters. The Morgan fingerprint density at radius 3 is 2.59 bits per heavy atom. The fourth-order valence-corrected chi connectivity index (χ4v) is 3.30. The fraction of sp³-hybridized carbons (Fsp3) is 0.286. The SMILES string of the molecule is O=C(NCc1ccc(CN2CCOCC2)cc1)c1cc2c(F)cccc2[nH]1. The van der Waals surface area contributed by atoms with Crippen molar-refractivity contribution in [3.8, 4) is 0 Å². The molecule has 0 saturated carbocycles. The van der Waals surface area contributed by atoms with Gasteiger partial charge in [0, 0.05) is 37.1 Å². The first-order valence-corrected chi connectivity index (χ1v) is 9.12. The lowest BCUT2D eigenvalue weighted by molar-refractivity contribution is 0.0342. The Hall–Kier alpha value is -2.70. The first-order chi connectivity index (χ1) is 13.2. The van der Waals surface area contributed by atoms with E-state index < -0.39 is 0 Å². The topological polar surface area (TPSA) is 57.4 Å². The smallest absolute Gasteiger partial charge is 0.267 e. The van der Waals surface area contributed by atoms with E-state index in [2.05, 4.69) is 27.3 Å². The summed E-state index contributed by atoms with van der Waals surface area (Å²) < 4.78 is 19.1. The standard InChI is InChI=1S/C21H22FN3O2/c22-18-2-1-3-19-17(18)12-20(24-19)21(26)23-13-15-4-6-16(7-5-15)14-25-8-10-27-11-9-25/h1-7,12,24H,8-11,13-14H2,(H,23,26). The zero-order valence-corrected chi connectivity index (χ0v) is 15.0. The molecule has 2 aromatic carbocycles. The van der Waals surface area contributed by atoms with E-state index in [0.717, 1.165) is 38.4 Å². The van der Waals surface area contributed by atoms with Crippen LogP contribution in [0.4, 0.5) is 4.39 Å². The molecule has 1 aliphatic heterocycles. The Bertz CT molecular complexity index is 930. The molecule has 0 aliphatic carbocycles. The van der Waals surface area contributed by atoms with Crippen LogP contribution in [0.3, 0.4) is 0 Å². The minimum absolute atomic E-state index is 0.247. The van der Waals surface area contributed by atoms with Crippen LogP contribution in [0.2, 0.25) is 0 Å². The van der Waals surface area contributed by atoms with Crippen LogP contribution in [0.5, 0.6) is 0 Å². The second kappa shape index (κ2) is 7.90. The Kier molecular flexibility index (Phi) is 5.18. The second-order valence-electron chi connectivity index (χ2n) is 6.77. The fourth-order valence-electron chi connectivity index (χ4n) is 3.30. The number of nitrogens with zero attached hydrogens (tertiary/aromatic N) is 1. The van der Waals surface area contributed by atoms with Gasteiger partial charge in [0.25, 0.3) is 5.91 Å². The highest BCUT2D eigenvalue weighted by Gasteiger charge is 2.12. The number of carbonyl (C=O) groups excluding carboxylic acids is 1. The van der Waals surface area contributed by atoms with E-state index in [1.54, 1.807) is 18.2 Å². The number of ether oxygens (including phenoxy) is 1. The highest BCUT2D eigenvalue weighted by molar-refractivity contribution is 5.98. The van der Waals surface area contributed by atoms with Gasteiger partial charge in [0.1, 0.15) is 11.5 Å². The van der Waals surface area contributed by atoms with Gasteiger partial charge >= 0.3 is 0 Å². The number of fused-ring (bicyclic) bond motifs is 1. The molecule has 2 N–H and O–H groups in total. The molecule has 3 aromatic rings. The van der Waals surface area contributed by atoms with Crippen molar-refractivity contribution < 1.29 is 13.9 Å². The summed E-state index contributed by atoms with van der Waals surface area (Å²) in [7, 11) is 0. The molecule has 5 nitrogen and oxygen atoms in total. The largest absolute Gasteiger partial charge is 0.379 e. The number of carbonyl (C=O) groups is 1. The lowest BCUT2D eigenvalue weighted by atomic mass is 10.1. The van der Waals surface area contributed by atoms with Crippen molar-refractivity contribution in [2.24, 2.45) is 0 Å². The summed E-state index contributed by atoms with van der Waals surface area (Å²) in [4.78, 5) is 17.7. The van der Waals surface area contributed by atoms with Gasteiger partial charge in [-0.1, -0.05) is 30.3 Å². The summed E-state index contributed by atoms with van der Waals surface area (Å²) in [5.74, 6) is -0.582. The third-order valence-corrected chi connectivity index (χ3v) is 4.84. The normalized spacial score (nSPS) is 15.1. The lowest BCUT2D eigenvalue weighted by Crippen LogP contribution is -2.35. The van der Waals surface area contributed by atoms with Crippen molar-refractivity contribution in [1.82, 2.24) is 15.2 Å². The van der Waals surface area contributed by atoms with Crippen molar-refractivity contribution in [1.29, 1.82) is 0 Å². The Morgan fingerprint density at radius 1 is 1.11 bits per heavy atom. The number of amides is 1. The number of rotatable bonds is 5. The predicted molar refractivity (Wildman–Crippen MR) is 102 cm³/mol. The van der Waals surface area contributed by atoms with Gasteiger partial charge in [0.05, 0.1) is 13.2 Å². The molecule has 1 amide bonds. The van der Waals surface area contributed by atoms with Gasteiger partial charge < -0.3 is 15.0 Å². The zero-order chi connectivity index (χ0) is 18.6. The van der Waals surface area contributed by atoms with E-state index in [1.807, 2.05) is 12.1 Å². The predicted octanol–water partition coefficient (Wildman–Crippen LogP) is 3.07. The van der Waals surface area contributed by atoms with E-state index in [-0.39, 0.29) is 11.7 Å². The average molecular weight is 367 g/mol. The van der Waals surface area contributed by atoms with Gasteiger partial charge in [0.2, 0.25) is 0 Å². The maximum atomic E-state index is 13.8. The minimum atomic E-state index is -0.335. The average Bonchev–Trinajstić information content (AvgIpc) is 3.14. The molecule has 1 aromatic heterocycles. The molecule has 27 heavy (non-hydrogen) atoms. The molecule has 0 atom stereocenters. The van der Waals surface area contributed by atoms with E-state index in [1.165, 1.54) is 11.6 Å². The van der Waals surface area contributed by atoms with Crippen LogP contribution >= 0.6 is 0 Å². The van der Waals surface area contributed by atoms with Crippen LogP contribution in [-0.2, 0) is 17.8 Å². The summed E-state index contributed by atoms with van der Waals surface area (Å²) in [6.07, 6.45) is 0. The van der Waals surface area contributed by atoms with E-state index in [9.17, 15) is 9.18 Å². The molecular weight excluding hydrogens is 345 g/mol. The van der Waals surface area contributed by atoms with Crippen LogP contribution < -0.4 is 5.32 Å². The number of hydrogen-bond acceptors (Lipinski definition) is 3. The number of H-pyrrole nitrogens is 1. The van der Waals surface area contributed by atoms with Gasteiger partial charge in [-0.15, -0.1) is 0 Å². The molecule has 1 aliphatic rings. The number of aromatic nitrogens is 1. The van der Waals surface area contributed by atoms with Gasteiger partial charge in [-0.25, -0.2) is 4.39 Å². The van der Waals surface area contributed by atoms with E-state index in [0.29, 0.717) is 23.1 Å². The molecule has 2 heterocycles. The van der Waals surface area contributed by atoms with Gasteiger partial charge in [-0.3, -0.25) is 9.69 Å². The third kappa shape index (κ3) is 4.18. The Labute approximate surface area is 157 Å². The summed E-state index contributed by atoms with van der Waals surface area (Å²) >= 11 is 0. The number of nitrogens with one attached hydrogen (secondary N) is 2. The molecule has 4 rings (SSSR count). The highest BCUT2D eigenvalue weighted by Crippen LogP contribution is 2.18. The first-order valence-electron chi connectivity index (χ1n) is 9.12. The lowest BCUT2D eigenvalue weighted by Gasteiger charge is -2.26. The molecule has 0 radical (unpaired) electrons. The van der Waals surface area contributed by atoms with Crippen molar-refractivity contribution in [2.45, 2.75) is 13.1 Å². The Balaban J connectivity index is 1.34. The Morgan fingerprint density at radius 2 is 1.85 bits per heavy atom. The molecule has 1 saturated heterocycles. The summed E-state index contributed by atoms with van der Waals surface area (Å²) in [5.41, 5.74) is 3.25. The molecular formula is C21H22FN3O2. The summed E-state index contributed by atoms with van der Waals surface area (Å²) in [6.45, 7) is 4.85. The van der Waals surface area contributed by atoms with E-state index >= 15 is 0 Å². The van der Waals surface area contributed by atoms with Crippen LogP contribution in [0.15, 0.2) is 48.5 Å². The summed E-state index contributed by atoms with van der Waals surface area (Å²) in [5, 5.41) is 3.30. The zero-order valence-electron chi connectivity index (χ0n) is 15.0. The molecule has 0 bridgehead atoms. The number of halogens is 1. The van der Waals surface area contributed by atoms with Gasteiger partial charge in [-0.05, 0) is 29.3 Å². The number of benzene rings is 2. The third-order valence-electron chi connectivity index (χ3n) is 4.84. The van der Waals surface area contributed by atoms with E-state index in [4.69, 9.17) is 4.74 Å². The van der Waals surface area contributed by atoms with Crippen molar-refractivity contribution >= 4 is 16.8 Å². The molecule has 6 heteroatoms. The van der Waals surface area contributed by atoms with Gasteiger partial charge in [-0.2, -0.15) is 0 Å². The number of hydrogen-bond donors (Lipinski definition) is 2. The van der Waals surface area contributed by atoms with Crippen molar-refractivity contribution in [2.75, 3.05) is 26.3 Å². The first kappa shape index (κ1) is 17.7. The quantitative estimate of drug-likeness (QED) is 0.729. The van der Waals surface area contributed by atoms with Crippen molar-refractivity contribution in [3.05, 3.63) is 71.2 Å². The maximum Gasteiger partial charge on any atom is 0.267 e. The number of morpholine rings is 1. The maximum absolute atomic E-state index is 13.8. The van der Waals surface area contributed by atoms with Crippen LogP contribution in [0.25, 0.3) is 10.9 Å². The minimum Gasteiger partial charge on any atom is -0.379 e. The van der Waals surface area contributed by atoms with Crippen LogP contribution in [0, 0.1) is 5.82 Å². The van der Waals surface area contributed by atoms with Gasteiger partial charge in [0.15, 0.2) is 0 Å². The second-order valence-corrected chi connectivity index (χ2v) is 6.77. The van der Waals surface area contributed by atoms with Crippen molar-refractivity contribution in [3.63, 3.8) is 0 Å². The monoisotopic (exact) mass is 367 g/mol. The van der Waals surface area contributed by atoms with Crippen LogP contribution in [0.1, 0.15) is 21.6 Å². The molecule has 140 valence electrons. The number of aromatic amines is 1. The molecule has 1 fully saturated rings. The highest BCUT2D eigenvalue weighted by atomic mass is 19.1. The molecule has 0 spiro atoms. The van der Waals surface area contributed by atoms with Crippen LogP contribution in [-0.4, -0.2) is 42.1 Å². The summed E-state index contributed by atoms with van der Waals surface area (Å²) in [6, 6.07) is 14.5.